The summed E-state index contributed by atoms with van der Waals surface area (Å²) in [7, 11) is 0. The lowest BCUT2D eigenvalue weighted by molar-refractivity contribution is -0.139. The molecule has 0 unspecified atom stereocenters. The van der Waals surface area contributed by atoms with Gasteiger partial charge in [0.05, 0.1) is 52.9 Å². The van der Waals surface area contributed by atoms with Crippen molar-refractivity contribution in [2.45, 2.75) is 298 Å². The van der Waals surface area contributed by atoms with Crippen LogP contribution in [0.1, 0.15) is 194 Å². The van der Waals surface area contributed by atoms with Gasteiger partial charge in [-0.15, -0.1) is 0 Å². The molecule has 2 rings (SSSR count). The molecule has 0 spiro atoms. The topological polar surface area (TPSA) is 588 Å². The second-order valence-electron chi connectivity index (χ2n) is 35.1. The second-order valence-corrected chi connectivity index (χ2v) is 35.1. The van der Waals surface area contributed by atoms with Crippen molar-refractivity contribution in [3.05, 3.63) is 18.2 Å². The van der Waals surface area contributed by atoms with E-state index in [1.54, 1.807) is 39.0 Å². The number of ether oxygens (including phenoxy) is 7. The van der Waals surface area contributed by atoms with Gasteiger partial charge >= 0.3 is 6.09 Å². The number of nitrogens with one attached hydrogen (secondary N) is 18. The summed E-state index contributed by atoms with van der Waals surface area (Å²) < 4.78 is 39.1. The summed E-state index contributed by atoms with van der Waals surface area (Å²) >= 11 is 0. The molecule has 0 saturated heterocycles. The molecular formula is C80H134N18O25. The van der Waals surface area contributed by atoms with Crippen LogP contribution in [0.15, 0.2) is 18.2 Å². The summed E-state index contributed by atoms with van der Waals surface area (Å²) in [6.45, 7) is 41.1. The van der Waals surface area contributed by atoms with Crippen molar-refractivity contribution in [2.75, 3.05) is 71.4 Å². The molecule has 1 aromatic carbocycles. The lowest BCUT2D eigenvalue weighted by Gasteiger charge is -2.32. The number of anilines is 1. The van der Waals surface area contributed by atoms with E-state index >= 15 is 0 Å². The molecule has 0 aliphatic carbocycles. The van der Waals surface area contributed by atoms with E-state index in [0.29, 0.717) is 56.8 Å². The number of alkyl carbamates (subject to hydrolysis) is 1. The fourth-order valence-electron chi connectivity index (χ4n) is 10.1. The van der Waals surface area contributed by atoms with Crippen LogP contribution in [0.25, 0.3) is 0 Å². The minimum atomic E-state index is -1.77. The van der Waals surface area contributed by atoms with Crippen LogP contribution in [0.4, 0.5) is 10.5 Å². The summed E-state index contributed by atoms with van der Waals surface area (Å²) in [5, 5.41) is 44.9. The minimum Gasteiger partial charge on any atom is -0.487 e. The maximum absolute atomic E-state index is 13.6. The monoisotopic (exact) mass is 1750 g/mol. The molecule has 0 aromatic heterocycles. The summed E-state index contributed by atoms with van der Waals surface area (Å²) in [5.41, 5.74) is -14.2. The van der Waals surface area contributed by atoms with E-state index in [1.165, 1.54) is 173 Å². The number of carbonyl (C=O) groups is 18. The third-order valence-electron chi connectivity index (χ3n) is 18.4. The maximum atomic E-state index is 13.6. The van der Waals surface area contributed by atoms with E-state index in [4.69, 9.17) is 33.2 Å². The number of amides is 18. The molecule has 0 radical (unpaired) electrons. The second kappa shape index (κ2) is 45.9. The van der Waals surface area contributed by atoms with E-state index in [1.807, 2.05) is 0 Å². The Kier molecular flexibility index (Phi) is 40.3. The highest BCUT2D eigenvalue weighted by Crippen LogP contribution is 2.31. The van der Waals surface area contributed by atoms with Gasteiger partial charge in [-0.25, -0.2) is 4.79 Å². The van der Waals surface area contributed by atoms with E-state index < -0.39 is 211 Å². The molecule has 0 bridgehead atoms. The van der Waals surface area contributed by atoms with Crippen LogP contribution in [0, 0.1) is 0 Å². The average molecular weight is 1750 g/mol. The third kappa shape index (κ3) is 36.5. The lowest BCUT2D eigenvalue weighted by atomic mass is 10.0. The van der Waals surface area contributed by atoms with Crippen molar-refractivity contribution in [1.29, 1.82) is 0 Å². The van der Waals surface area contributed by atoms with Crippen LogP contribution in [0.3, 0.4) is 0 Å². The van der Waals surface area contributed by atoms with Crippen LogP contribution in [0.2, 0.25) is 0 Å². The van der Waals surface area contributed by atoms with E-state index in [0.717, 1.165) is 0 Å². The zero-order valence-electron chi connectivity index (χ0n) is 76.2. The highest BCUT2D eigenvalue weighted by Gasteiger charge is 2.44. The molecule has 1 aromatic rings. The third-order valence-corrected chi connectivity index (χ3v) is 18.4. The smallest absolute Gasteiger partial charge is 0.408 e. The van der Waals surface area contributed by atoms with E-state index in [-0.39, 0.29) is 26.4 Å². The van der Waals surface area contributed by atoms with Gasteiger partial charge in [-0.05, 0) is 206 Å². The van der Waals surface area contributed by atoms with Crippen molar-refractivity contribution in [2.24, 2.45) is 0 Å². The predicted molar refractivity (Wildman–Crippen MR) is 447 cm³/mol. The first-order valence-corrected chi connectivity index (χ1v) is 40.3. The number of fused-ring (bicyclic) bond motifs is 1. The molecule has 1 aliphatic heterocycles. The molecule has 43 nitrogen and oxygen atoms in total. The van der Waals surface area contributed by atoms with Crippen molar-refractivity contribution in [1.82, 2.24) is 90.4 Å². The minimum absolute atomic E-state index is 0.145. The summed E-state index contributed by atoms with van der Waals surface area (Å²) in [4.78, 5) is 241. The van der Waals surface area contributed by atoms with Gasteiger partial charge in [-0.2, -0.15) is 0 Å². The molecule has 694 valence electrons. The SMILES string of the molecule is C[C@H](NC(=O)OC(C)(C)C)C(=O)NC(C)(C)C(=O)N[C@@H](C)C(=O)NC(C)(C)C(=O)N[C@@H](C)C(=O)NC(C)(C)C(=O)N[C@@H](C)C(=O)NC(C)(C)C(=O)N[C@@H](C)C(=O)NC(C)(C)C(=O)N[C@@H](C)C(=O)NC(C)(C)C(=O)N[C@@H](C)C(=O)NC(C)(C)C(=O)N[C@@H](C)C(=O)NC(C)(C)C(=O)N[C@@H](C)C(=O)Nc1ccc2c(c1)OCCOCCOCCOCCOCCO2. The predicted octanol–water partition coefficient (Wildman–Crippen LogP) is -2.43. The normalized spacial score (nSPS) is 15.9. The Balaban J connectivity index is 1.91. The van der Waals surface area contributed by atoms with Crippen LogP contribution < -0.4 is 105 Å². The first-order chi connectivity index (χ1) is 56.2. The number of carbonyl (C=O) groups excluding carboxylic acids is 18. The molecule has 43 heteroatoms. The Morgan fingerprint density at radius 2 is 0.431 bits per heavy atom. The molecule has 123 heavy (non-hydrogen) atoms. The van der Waals surface area contributed by atoms with Crippen molar-refractivity contribution < 1.29 is 119 Å². The molecule has 1 aliphatic rings. The zero-order chi connectivity index (χ0) is 94.7. The van der Waals surface area contributed by atoms with Crippen LogP contribution in [-0.2, 0) is 105 Å². The zero-order valence-corrected chi connectivity index (χ0v) is 76.2. The van der Waals surface area contributed by atoms with Crippen LogP contribution >= 0.6 is 0 Å². The Labute approximate surface area is 718 Å². The van der Waals surface area contributed by atoms with Gasteiger partial charge in [-0.3, -0.25) is 81.5 Å². The number of benzene rings is 1. The molecule has 0 fully saturated rings. The fourth-order valence-corrected chi connectivity index (χ4v) is 10.1. The van der Waals surface area contributed by atoms with Gasteiger partial charge in [0.25, 0.3) is 0 Å². The maximum Gasteiger partial charge on any atom is 0.408 e. The van der Waals surface area contributed by atoms with Crippen LogP contribution in [-0.4, -0.2) is 277 Å². The van der Waals surface area contributed by atoms with Gasteiger partial charge in [0.1, 0.15) is 118 Å². The first kappa shape index (κ1) is 108. The standard InChI is InChI=1S/C80H134N18O25/c1-42(54(99)90-51-29-30-52-53(41-51)122-40-38-120-36-34-118-32-31-117-33-35-119-37-39-121-52)81-63(108)73(13,14)91-55(100)43(2)82-64(109)74(15,16)92-56(101)44(3)83-65(110)75(17,18)93-57(102)45(4)84-66(111)76(19,20)94-58(103)46(5)85-67(112)77(21,22)95-59(104)47(6)86-68(113)78(23,24)96-60(105)48(7)87-69(114)79(25,26)97-61(106)49(8)88-70(115)80(27,28)98-62(107)50(9)89-71(116)123-72(10,11)12/h29-30,41-50H,31-40H2,1-28H3,(H,81,108)(H,82,109)(H,83,110)(H,84,111)(H,85,112)(H,86,113)(H,87,114)(H,88,115)(H,89,116)(H,90,99)(H,91,100)(H,92,101)(H,93,102)(H,94,103)(H,95,104)(H,96,105)(H,97,106)(H,98,107)/t42-,43-,44-,45-,46-,47-,48-,49-,50-/m0/s1. The van der Waals surface area contributed by atoms with Crippen molar-refractivity contribution >= 4 is 112 Å². The van der Waals surface area contributed by atoms with Gasteiger partial charge in [0, 0.05) is 11.8 Å². The summed E-state index contributed by atoms with van der Waals surface area (Å²) in [6, 6.07) is -6.80. The molecule has 0 saturated carbocycles. The van der Waals surface area contributed by atoms with Gasteiger partial charge in [0.2, 0.25) is 100 Å². The molecule has 18 amide bonds. The van der Waals surface area contributed by atoms with Gasteiger partial charge in [0.15, 0.2) is 11.5 Å². The Morgan fingerprint density at radius 1 is 0.252 bits per heavy atom. The van der Waals surface area contributed by atoms with Crippen molar-refractivity contribution in [3.8, 4) is 11.5 Å². The Hall–Kier alpha value is -11.1. The van der Waals surface area contributed by atoms with E-state index in [9.17, 15) is 86.3 Å². The average Bonchev–Trinajstić information content (AvgIpc) is 0.896. The highest BCUT2D eigenvalue weighted by molar-refractivity contribution is 6.04. The highest BCUT2D eigenvalue weighted by atomic mass is 16.6. The first-order valence-electron chi connectivity index (χ1n) is 40.3. The molecule has 18 N–H and O–H groups in total. The quantitative estimate of drug-likeness (QED) is 0.0336. The van der Waals surface area contributed by atoms with Crippen molar-refractivity contribution in [3.63, 3.8) is 0 Å². The van der Waals surface area contributed by atoms with Crippen LogP contribution in [0.5, 0.6) is 11.5 Å². The van der Waals surface area contributed by atoms with Gasteiger partial charge < -0.3 is 129 Å². The number of rotatable bonds is 35. The Morgan fingerprint density at radius 3 is 0.634 bits per heavy atom. The lowest BCUT2D eigenvalue weighted by Crippen LogP contribution is -2.65. The van der Waals surface area contributed by atoms with E-state index in [2.05, 4.69) is 95.7 Å². The van der Waals surface area contributed by atoms with Gasteiger partial charge in [-0.1, -0.05) is 0 Å². The number of hydrogen-bond donors (Lipinski definition) is 18. The Bertz CT molecular complexity index is 3990. The largest absolute Gasteiger partial charge is 0.487 e. The fraction of sp³-hybridized carbons (Fsp3) is 0.700. The number of hydrogen-bond acceptors (Lipinski definition) is 25. The summed E-state index contributed by atoms with van der Waals surface area (Å²) in [5.74, 6) is -13.5. The molecule has 1 heterocycles. The molecular weight excluding hydrogens is 1610 g/mol. The molecule has 9 atom stereocenters. The summed E-state index contributed by atoms with van der Waals surface area (Å²) in [6.07, 6.45) is -0.860.